The van der Waals surface area contributed by atoms with Gasteiger partial charge in [0.25, 0.3) is 5.91 Å². The maximum absolute atomic E-state index is 11.0. The highest BCUT2D eigenvalue weighted by Gasteiger charge is 2.09. The molecule has 1 heterocycles. The summed E-state index contributed by atoms with van der Waals surface area (Å²) in [5.41, 5.74) is 0. The van der Waals surface area contributed by atoms with Crippen LogP contribution in [0, 0.1) is 0 Å². The van der Waals surface area contributed by atoms with E-state index in [4.69, 9.17) is 11.6 Å². The summed E-state index contributed by atoms with van der Waals surface area (Å²) in [5, 5.41) is 9.94. The van der Waals surface area contributed by atoms with Crippen molar-refractivity contribution >= 4 is 28.8 Å². The molecule has 0 saturated heterocycles. The van der Waals surface area contributed by atoms with Gasteiger partial charge in [0, 0.05) is 6.54 Å². The number of aromatic nitrogens is 2. The van der Waals surface area contributed by atoms with E-state index in [9.17, 15) is 4.79 Å². The molecule has 1 rings (SSSR count). The maximum atomic E-state index is 11.0. The van der Waals surface area contributed by atoms with Crippen LogP contribution >= 0.6 is 22.9 Å². The van der Waals surface area contributed by atoms with Crippen molar-refractivity contribution in [1.82, 2.24) is 15.5 Å². The second-order valence-corrected chi connectivity index (χ2v) is 3.28. The summed E-state index contributed by atoms with van der Waals surface area (Å²) < 4.78 is 0.284. The van der Waals surface area contributed by atoms with Gasteiger partial charge in [0.1, 0.15) is 0 Å². The van der Waals surface area contributed by atoms with Crippen molar-refractivity contribution in [2.45, 2.75) is 6.92 Å². The molecule has 1 aromatic rings. The van der Waals surface area contributed by atoms with E-state index in [0.717, 1.165) is 11.3 Å². The Kier molecular flexibility index (Phi) is 2.78. The van der Waals surface area contributed by atoms with Gasteiger partial charge >= 0.3 is 0 Å². The number of halogens is 1. The molecule has 1 aromatic heterocycles. The maximum Gasteiger partial charge on any atom is 0.282 e. The Balaban J connectivity index is 2.69. The first-order valence-corrected chi connectivity index (χ1v) is 4.20. The van der Waals surface area contributed by atoms with Crippen LogP contribution < -0.4 is 5.32 Å². The van der Waals surface area contributed by atoms with Gasteiger partial charge in [-0.1, -0.05) is 11.3 Å². The molecule has 0 aliphatic heterocycles. The molecular formula is C5H6ClN3OS. The molecule has 0 atom stereocenters. The lowest BCUT2D eigenvalue weighted by Crippen LogP contribution is -2.22. The molecule has 4 nitrogen and oxygen atoms in total. The fourth-order valence-electron chi connectivity index (χ4n) is 0.533. The molecule has 1 N–H and O–H groups in total. The number of nitrogens with zero attached hydrogens (tertiary/aromatic N) is 2. The van der Waals surface area contributed by atoms with E-state index in [1.807, 2.05) is 6.92 Å². The fraction of sp³-hybridized carbons (Fsp3) is 0.400. The van der Waals surface area contributed by atoms with Gasteiger partial charge in [-0.15, -0.1) is 10.2 Å². The highest BCUT2D eigenvalue weighted by atomic mass is 35.5. The van der Waals surface area contributed by atoms with Gasteiger partial charge in [-0.2, -0.15) is 0 Å². The lowest BCUT2D eigenvalue weighted by atomic mass is 10.6. The first-order valence-electron chi connectivity index (χ1n) is 3.01. The van der Waals surface area contributed by atoms with Crippen LogP contribution in [-0.2, 0) is 0 Å². The standard InChI is InChI=1S/C5H6ClN3OS/c1-2-7-3(10)4-8-9-5(6)11-4/h2H2,1H3,(H,7,10). The van der Waals surface area contributed by atoms with Crippen molar-refractivity contribution in [2.75, 3.05) is 6.54 Å². The van der Waals surface area contributed by atoms with Gasteiger partial charge < -0.3 is 5.32 Å². The second kappa shape index (κ2) is 3.64. The number of hydrogen-bond acceptors (Lipinski definition) is 4. The van der Waals surface area contributed by atoms with Crippen molar-refractivity contribution in [1.29, 1.82) is 0 Å². The quantitative estimate of drug-likeness (QED) is 0.757. The minimum atomic E-state index is -0.225. The van der Waals surface area contributed by atoms with E-state index in [1.165, 1.54) is 0 Å². The SMILES string of the molecule is CCNC(=O)c1nnc(Cl)s1. The summed E-state index contributed by atoms with van der Waals surface area (Å²) in [6, 6.07) is 0. The zero-order valence-corrected chi connectivity index (χ0v) is 7.37. The molecule has 6 heteroatoms. The Morgan fingerprint density at radius 1 is 1.73 bits per heavy atom. The Morgan fingerprint density at radius 3 is 2.91 bits per heavy atom. The summed E-state index contributed by atoms with van der Waals surface area (Å²) in [6.45, 7) is 2.41. The number of carbonyl (C=O) groups is 1. The van der Waals surface area contributed by atoms with E-state index in [1.54, 1.807) is 0 Å². The third-order valence-corrected chi connectivity index (χ3v) is 1.95. The summed E-state index contributed by atoms with van der Waals surface area (Å²) in [4.78, 5) is 11.0. The average Bonchev–Trinajstić information content (AvgIpc) is 2.36. The third-order valence-electron chi connectivity index (χ3n) is 0.932. The van der Waals surface area contributed by atoms with E-state index in [0.29, 0.717) is 11.6 Å². The van der Waals surface area contributed by atoms with Crippen LogP contribution in [0.1, 0.15) is 16.7 Å². The van der Waals surface area contributed by atoms with Gasteiger partial charge in [0.05, 0.1) is 0 Å². The van der Waals surface area contributed by atoms with Crippen molar-refractivity contribution in [3.8, 4) is 0 Å². The lowest BCUT2D eigenvalue weighted by Gasteiger charge is -1.93. The van der Waals surface area contributed by atoms with Gasteiger partial charge in [-0.3, -0.25) is 4.79 Å². The molecular weight excluding hydrogens is 186 g/mol. The molecule has 0 aliphatic rings. The van der Waals surface area contributed by atoms with Crippen LogP contribution in [0.2, 0.25) is 4.47 Å². The van der Waals surface area contributed by atoms with Crippen molar-refractivity contribution in [3.63, 3.8) is 0 Å². The molecule has 0 saturated carbocycles. The summed E-state index contributed by atoms with van der Waals surface area (Å²) in [6.07, 6.45) is 0. The first-order chi connectivity index (χ1) is 5.24. The zero-order valence-electron chi connectivity index (χ0n) is 5.80. The fourth-order valence-corrected chi connectivity index (χ4v) is 1.28. The molecule has 0 spiro atoms. The van der Waals surface area contributed by atoms with Crippen LogP contribution in [0.4, 0.5) is 0 Å². The second-order valence-electron chi connectivity index (χ2n) is 1.72. The van der Waals surface area contributed by atoms with Crippen LogP contribution in [0.5, 0.6) is 0 Å². The number of rotatable bonds is 2. The normalized spacial score (nSPS) is 9.64. The summed E-state index contributed by atoms with van der Waals surface area (Å²) in [7, 11) is 0. The van der Waals surface area contributed by atoms with Crippen LogP contribution in [0.15, 0.2) is 0 Å². The molecule has 1 amide bonds. The minimum absolute atomic E-state index is 0.225. The van der Waals surface area contributed by atoms with Crippen molar-refractivity contribution in [2.24, 2.45) is 0 Å². The third kappa shape index (κ3) is 2.13. The lowest BCUT2D eigenvalue weighted by molar-refractivity contribution is 0.0954. The smallest absolute Gasteiger partial charge is 0.282 e. The topological polar surface area (TPSA) is 54.9 Å². The van der Waals surface area contributed by atoms with E-state index < -0.39 is 0 Å². The molecule has 0 radical (unpaired) electrons. The number of hydrogen-bond donors (Lipinski definition) is 1. The minimum Gasteiger partial charge on any atom is -0.350 e. The monoisotopic (exact) mass is 191 g/mol. The summed E-state index contributed by atoms with van der Waals surface area (Å²) in [5.74, 6) is -0.225. The van der Waals surface area contributed by atoms with Gasteiger partial charge in [0.15, 0.2) is 0 Å². The highest BCUT2D eigenvalue weighted by molar-refractivity contribution is 7.17. The summed E-state index contributed by atoms with van der Waals surface area (Å²) >= 11 is 6.54. The van der Waals surface area contributed by atoms with Crippen molar-refractivity contribution in [3.05, 3.63) is 9.47 Å². The highest BCUT2D eigenvalue weighted by Crippen LogP contribution is 2.14. The van der Waals surface area contributed by atoms with Crippen LogP contribution in [0.25, 0.3) is 0 Å². The predicted molar refractivity (Wildman–Crippen MR) is 42.9 cm³/mol. The van der Waals surface area contributed by atoms with Gasteiger partial charge in [-0.05, 0) is 18.5 Å². The van der Waals surface area contributed by atoms with Crippen LogP contribution in [-0.4, -0.2) is 22.6 Å². The Morgan fingerprint density at radius 2 is 2.45 bits per heavy atom. The number of carbonyl (C=O) groups excluding carboxylic acids is 1. The Bertz CT molecular complexity index is 262. The molecule has 0 fully saturated rings. The van der Waals surface area contributed by atoms with Gasteiger partial charge in [0.2, 0.25) is 9.47 Å². The van der Waals surface area contributed by atoms with E-state index in [-0.39, 0.29) is 10.4 Å². The number of amides is 1. The molecule has 0 aromatic carbocycles. The van der Waals surface area contributed by atoms with E-state index in [2.05, 4.69) is 15.5 Å². The predicted octanol–water partition coefficient (Wildman–Crippen LogP) is 0.941. The zero-order chi connectivity index (χ0) is 8.27. The first kappa shape index (κ1) is 8.42. The molecule has 0 unspecified atom stereocenters. The van der Waals surface area contributed by atoms with Crippen LogP contribution in [0.3, 0.4) is 0 Å². The Hall–Kier alpha value is -0.680. The largest absolute Gasteiger partial charge is 0.350 e. The number of nitrogens with one attached hydrogen (secondary N) is 1. The van der Waals surface area contributed by atoms with Gasteiger partial charge in [-0.25, -0.2) is 0 Å². The molecule has 11 heavy (non-hydrogen) atoms. The van der Waals surface area contributed by atoms with Crippen molar-refractivity contribution < 1.29 is 4.79 Å². The molecule has 60 valence electrons. The molecule has 0 bridgehead atoms. The molecule has 0 aliphatic carbocycles. The Labute approximate surface area is 72.6 Å². The van der Waals surface area contributed by atoms with E-state index >= 15 is 0 Å². The average molecular weight is 192 g/mol.